The SMILES string of the molecule is CC(C)(COCc1ccccc1)C(=O)OCCCl. The monoisotopic (exact) mass is 270 g/mol. The number of hydrogen-bond acceptors (Lipinski definition) is 3. The number of alkyl halides is 1. The first-order valence-corrected chi connectivity index (χ1v) is 6.44. The smallest absolute Gasteiger partial charge is 0.313 e. The van der Waals surface area contributed by atoms with Gasteiger partial charge in [-0.2, -0.15) is 0 Å². The van der Waals surface area contributed by atoms with E-state index in [0.29, 0.717) is 19.1 Å². The lowest BCUT2D eigenvalue weighted by Crippen LogP contribution is -2.32. The quantitative estimate of drug-likeness (QED) is 0.564. The maximum absolute atomic E-state index is 11.7. The van der Waals surface area contributed by atoms with Gasteiger partial charge in [-0.05, 0) is 19.4 Å². The molecule has 0 heterocycles. The Morgan fingerprint density at radius 3 is 2.56 bits per heavy atom. The van der Waals surface area contributed by atoms with E-state index in [9.17, 15) is 4.79 Å². The van der Waals surface area contributed by atoms with Gasteiger partial charge in [-0.3, -0.25) is 4.79 Å². The number of carbonyl (C=O) groups excluding carboxylic acids is 1. The average Bonchev–Trinajstić information content (AvgIpc) is 2.37. The largest absolute Gasteiger partial charge is 0.464 e. The van der Waals surface area contributed by atoms with Crippen LogP contribution in [0.4, 0.5) is 0 Å². The molecule has 1 aromatic rings. The molecule has 0 fully saturated rings. The molecule has 0 bridgehead atoms. The van der Waals surface area contributed by atoms with Crippen LogP contribution in [0.25, 0.3) is 0 Å². The van der Waals surface area contributed by atoms with Crippen LogP contribution < -0.4 is 0 Å². The van der Waals surface area contributed by atoms with Gasteiger partial charge >= 0.3 is 5.97 Å². The molecule has 3 nitrogen and oxygen atoms in total. The Kier molecular flexibility index (Phi) is 6.16. The fraction of sp³-hybridized carbons (Fsp3) is 0.500. The minimum Gasteiger partial charge on any atom is -0.464 e. The minimum absolute atomic E-state index is 0.239. The van der Waals surface area contributed by atoms with Gasteiger partial charge < -0.3 is 9.47 Å². The normalized spacial score (nSPS) is 11.3. The first-order valence-electron chi connectivity index (χ1n) is 5.91. The zero-order valence-electron chi connectivity index (χ0n) is 10.8. The first-order chi connectivity index (χ1) is 8.56. The third-order valence-corrected chi connectivity index (χ3v) is 2.59. The lowest BCUT2D eigenvalue weighted by atomic mass is 9.95. The van der Waals surface area contributed by atoms with Crippen LogP contribution in [0, 0.1) is 5.41 Å². The van der Waals surface area contributed by atoms with Gasteiger partial charge in [-0.1, -0.05) is 30.3 Å². The molecule has 0 aromatic heterocycles. The third-order valence-electron chi connectivity index (χ3n) is 2.44. The molecule has 0 aliphatic carbocycles. The molecule has 0 N–H and O–H groups in total. The van der Waals surface area contributed by atoms with Gasteiger partial charge in [0.15, 0.2) is 0 Å². The van der Waals surface area contributed by atoms with E-state index in [1.54, 1.807) is 13.8 Å². The fourth-order valence-electron chi connectivity index (χ4n) is 1.38. The Morgan fingerprint density at radius 2 is 1.94 bits per heavy atom. The van der Waals surface area contributed by atoms with E-state index in [2.05, 4.69) is 0 Å². The molecule has 1 aromatic carbocycles. The van der Waals surface area contributed by atoms with Crippen LogP contribution in [0.15, 0.2) is 30.3 Å². The molecule has 0 atom stereocenters. The fourth-order valence-corrected chi connectivity index (χ4v) is 1.46. The van der Waals surface area contributed by atoms with Crippen molar-refractivity contribution in [3.8, 4) is 0 Å². The summed E-state index contributed by atoms with van der Waals surface area (Å²) in [7, 11) is 0. The van der Waals surface area contributed by atoms with Gasteiger partial charge in [-0.15, -0.1) is 11.6 Å². The molecule has 0 unspecified atom stereocenters. The van der Waals surface area contributed by atoms with Gasteiger partial charge in [0.2, 0.25) is 0 Å². The van der Waals surface area contributed by atoms with Crippen molar-refractivity contribution >= 4 is 17.6 Å². The van der Waals surface area contributed by atoms with Crippen molar-refractivity contribution in [1.82, 2.24) is 0 Å². The summed E-state index contributed by atoms with van der Waals surface area (Å²) in [6.45, 7) is 4.65. The second kappa shape index (κ2) is 7.39. The predicted octanol–water partition coefficient (Wildman–Crippen LogP) is 3.01. The summed E-state index contributed by atoms with van der Waals surface area (Å²) in [6.07, 6.45) is 0. The van der Waals surface area contributed by atoms with Crippen LogP contribution in [-0.4, -0.2) is 25.1 Å². The van der Waals surface area contributed by atoms with E-state index < -0.39 is 5.41 Å². The van der Waals surface area contributed by atoms with Crippen molar-refractivity contribution in [2.24, 2.45) is 5.41 Å². The Hall–Kier alpha value is -1.06. The Morgan fingerprint density at radius 1 is 1.28 bits per heavy atom. The lowest BCUT2D eigenvalue weighted by molar-refractivity contribution is -0.157. The van der Waals surface area contributed by atoms with Crippen molar-refractivity contribution < 1.29 is 14.3 Å². The summed E-state index contributed by atoms with van der Waals surface area (Å²) in [4.78, 5) is 11.7. The molecule has 0 spiro atoms. The molecule has 0 saturated carbocycles. The van der Waals surface area contributed by atoms with E-state index >= 15 is 0 Å². The topological polar surface area (TPSA) is 35.5 Å². The van der Waals surface area contributed by atoms with Gasteiger partial charge in [0.05, 0.1) is 24.5 Å². The Bertz CT molecular complexity index is 363. The van der Waals surface area contributed by atoms with E-state index in [0.717, 1.165) is 5.56 Å². The number of rotatable bonds is 7. The molecular weight excluding hydrogens is 252 g/mol. The molecule has 0 saturated heterocycles. The van der Waals surface area contributed by atoms with Crippen LogP contribution >= 0.6 is 11.6 Å². The average molecular weight is 271 g/mol. The molecular formula is C14H19ClO3. The van der Waals surface area contributed by atoms with Crippen molar-refractivity contribution in [2.45, 2.75) is 20.5 Å². The number of ether oxygens (including phenoxy) is 2. The lowest BCUT2D eigenvalue weighted by Gasteiger charge is -2.22. The van der Waals surface area contributed by atoms with Gasteiger partial charge in [-0.25, -0.2) is 0 Å². The molecule has 18 heavy (non-hydrogen) atoms. The molecule has 0 radical (unpaired) electrons. The van der Waals surface area contributed by atoms with Crippen molar-refractivity contribution in [3.05, 3.63) is 35.9 Å². The molecule has 100 valence electrons. The maximum atomic E-state index is 11.7. The number of carbonyl (C=O) groups is 1. The van der Waals surface area contributed by atoms with Crippen molar-refractivity contribution in [3.63, 3.8) is 0 Å². The van der Waals surface area contributed by atoms with E-state index in [4.69, 9.17) is 21.1 Å². The zero-order valence-corrected chi connectivity index (χ0v) is 11.6. The van der Waals surface area contributed by atoms with Crippen molar-refractivity contribution in [1.29, 1.82) is 0 Å². The van der Waals surface area contributed by atoms with Crippen LogP contribution in [0.2, 0.25) is 0 Å². The number of esters is 1. The highest BCUT2D eigenvalue weighted by Crippen LogP contribution is 2.18. The molecule has 4 heteroatoms. The standard InChI is InChI=1S/C14H19ClO3/c1-14(2,13(16)18-9-8-15)11-17-10-12-6-4-3-5-7-12/h3-7H,8-11H2,1-2H3. The summed E-state index contributed by atoms with van der Waals surface area (Å²) >= 11 is 5.47. The second-order valence-corrected chi connectivity index (χ2v) is 5.07. The Balaban J connectivity index is 2.35. The van der Waals surface area contributed by atoms with Gasteiger partial charge in [0.1, 0.15) is 6.61 Å². The molecule has 0 aliphatic rings. The molecule has 0 aliphatic heterocycles. The number of hydrogen-bond donors (Lipinski definition) is 0. The highest BCUT2D eigenvalue weighted by atomic mass is 35.5. The van der Waals surface area contributed by atoms with Gasteiger partial charge in [0.25, 0.3) is 0 Å². The number of benzene rings is 1. The minimum atomic E-state index is -0.652. The second-order valence-electron chi connectivity index (χ2n) is 4.69. The summed E-state index contributed by atoms with van der Waals surface area (Å²) in [6, 6.07) is 9.84. The van der Waals surface area contributed by atoms with Crippen LogP contribution in [-0.2, 0) is 20.9 Å². The summed E-state index contributed by atoms with van der Waals surface area (Å²) in [5.41, 5.74) is 0.434. The summed E-state index contributed by atoms with van der Waals surface area (Å²) < 4.78 is 10.6. The maximum Gasteiger partial charge on any atom is 0.313 e. The van der Waals surface area contributed by atoms with Crippen molar-refractivity contribution in [2.75, 3.05) is 19.1 Å². The van der Waals surface area contributed by atoms with E-state index in [1.165, 1.54) is 0 Å². The first kappa shape index (κ1) is 15.0. The highest BCUT2D eigenvalue weighted by Gasteiger charge is 2.29. The van der Waals surface area contributed by atoms with Crippen LogP contribution in [0.3, 0.4) is 0 Å². The summed E-state index contributed by atoms with van der Waals surface area (Å²) in [5.74, 6) is 0.0309. The van der Waals surface area contributed by atoms with E-state index in [-0.39, 0.29) is 12.6 Å². The van der Waals surface area contributed by atoms with Gasteiger partial charge in [0, 0.05) is 0 Å². The highest BCUT2D eigenvalue weighted by molar-refractivity contribution is 6.18. The van der Waals surface area contributed by atoms with E-state index in [1.807, 2.05) is 30.3 Å². The number of halogens is 1. The Labute approximate surface area is 113 Å². The predicted molar refractivity (Wildman–Crippen MR) is 71.6 cm³/mol. The van der Waals surface area contributed by atoms with Crippen LogP contribution in [0.5, 0.6) is 0 Å². The third kappa shape index (κ3) is 5.07. The zero-order chi connectivity index (χ0) is 13.4. The summed E-state index contributed by atoms with van der Waals surface area (Å²) in [5, 5.41) is 0. The molecule has 0 amide bonds. The van der Waals surface area contributed by atoms with Crippen LogP contribution in [0.1, 0.15) is 19.4 Å². The molecule has 1 rings (SSSR count).